The number of amides is 2. The molecule has 39 heavy (non-hydrogen) atoms. The number of aliphatic hydroxyl groups is 2. The van der Waals surface area contributed by atoms with E-state index in [4.69, 9.17) is 14.8 Å². The number of rotatable bonds is 6. The Labute approximate surface area is 222 Å². The number of aromatic nitrogens is 2. The molecule has 2 bridgehead atoms. The third kappa shape index (κ3) is 5.62. The summed E-state index contributed by atoms with van der Waals surface area (Å²) < 4.78 is 45.6. The fourth-order valence-electron chi connectivity index (χ4n) is 4.94. The number of alkyl halides is 3. The van der Waals surface area contributed by atoms with Crippen molar-refractivity contribution < 1.29 is 32.9 Å². The first-order valence-corrected chi connectivity index (χ1v) is 12.6. The second-order valence-electron chi connectivity index (χ2n) is 9.64. The minimum atomic E-state index is -4.49. The largest absolute Gasteiger partial charge is 0.491 e. The highest BCUT2D eigenvalue weighted by Crippen LogP contribution is 2.41. The molecule has 1 aromatic carbocycles. The molecular formula is C27H28F3N5O4. The zero-order chi connectivity index (χ0) is 27.7. The number of carbonyl (C=O) groups is 1. The highest BCUT2D eigenvalue weighted by molar-refractivity contribution is 6.04. The number of aliphatic hydroxyl groups excluding tert-OH is 2. The number of nitrogens with zero attached hydrogens (tertiary/aromatic N) is 4. The van der Waals surface area contributed by atoms with Crippen molar-refractivity contribution >= 4 is 23.4 Å². The van der Waals surface area contributed by atoms with Crippen molar-refractivity contribution in [1.29, 1.82) is 0 Å². The minimum absolute atomic E-state index is 0.132. The van der Waals surface area contributed by atoms with Gasteiger partial charge in [-0.2, -0.15) is 13.2 Å². The fraction of sp³-hybridized carbons (Fsp3) is 0.370. The van der Waals surface area contributed by atoms with Crippen LogP contribution in [0, 0.1) is 6.92 Å². The van der Waals surface area contributed by atoms with Crippen LogP contribution in [0.15, 0.2) is 48.7 Å². The highest BCUT2D eigenvalue weighted by atomic mass is 19.4. The number of benzene rings is 1. The Balaban J connectivity index is 1.48. The highest BCUT2D eigenvalue weighted by Gasteiger charge is 2.39. The van der Waals surface area contributed by atoms with Crippen molar-refractivity contribution in [3.05, 3.63) is 59.8 Å². The number of halogens is 3. The van der Waals surface area contributed by atoms with Crippen LogP contribution in [0.3, 0.4) is 0 Å². The zero-order valence-corrected chi connectivity index (χ0v) is 21.1. The third-order valence-electron chi connectivity index (χ3n) is 6.81. The number of carbonyl (C=O) groups excluding carboxylic acids is 1. The molecule has 9 nitrogen and oxygen atoms in total. The molecular weight excluding hydrogens is 515 g/mol. The second-order valence-corrected chi connectivity index (χ2v) is 9.64. The summed E-state index contributed by atoms with van der Waals surface area (Å²) in [5.74, 6) is 0.928. The SMILES string of the molecule is Cc1cc2c(nc1-c1cccc(C(F)(F)F)c1)N(C(=O)Nc1cc(OCC(O)CO)ccn1)[C@H]1CCCN2C1. The van der Waals surface area contributed by atoms with Crippen LogP contribution in [0.2, 0.25) is 0 Å². The van der Waals surface area contributed by atoms with Crippen LogP contribution in [0.4, 0.5) is 35.3 Å². The van der Waals surface area contributed by atoms with Crippen LogP contribution in [0.1, 0.15) is 24.0 Å². The number of hydrogen-bond donors (Lipinski definition) is 3. The third-order valence-corrected chi connectivity index (χ3v) is 6.81. The summed E-state index contributed by atoms with van der Waals surface area (Å²) in [6.45, 7) is 2.62. The number of hydrogen-bond acceptors (Lipinski definition) is 7. The Morgan fingerprint density at radius 1 is 1.26 bits per heavy atom. The van der Waals surface area contributed by atoms with E-state index >= 15 is 0 Å². The summed E-state index contributed by atoms with van der Waals surface area (Å²) in [6, 6.07) is 9.28. The minimum Gasteiger partial charge on any atom is -0.491 e. The molecule has 2 atom stereocenters. The molecule has 12 heteroatoms. The summed E-state index contributed by atoms with van der Waals surface area (Å²) in [7, 11) is 0. The van der Waals surface area contributed by atoms with Crippen LogP contribution in [0.25, 0.3) is 11.3 Å². The molecule has 2 aliphatic heterocycles. The maximum atomic E-state index is 13.6. The van der Waals surface area contributed by atoms with Gasteiger partial charge in [0, 0.05) is 30.9 Å². The lowest BCUT2D eigenvalue weighted by atomic mass is 9.97. The normalized spacial score (nSPS) is 17.4. The van der Waals surface area contributed by atoms with E-state index in [9.17, 15) is 23.1 Å². The standard InChI is InChI=1S/C27H28F3N5O4/c1-16-10-22-25(33-24(16)17-4-2-5-18(11-17)27(28,29)30)35(19-6-3-9-34(22)13-19)26(38)32-23-12-21(7-8-31-23)39-15-20(37)14-36/h2,4-5,7-8,10-12,19-20,36-37H,3,6,9,13-15H2,1H3,(H,31,32,38)/t19-,20?/m0/s1. The molecule has 4 heterocycles. The van der Waals surface area contributed by atoms with Crippen molar-refractivity contribution in [1.82, 2.24) is 9.97 Å². The van der Waals surface area contributed by atoms with Crippen LogP contribution in [-0.4, -0.2) is 64.7 Å². The number of pyridine rings is 2. The fourth-order valence-corrected chi connectivity index (χ4v) is 4.94. The Kier molecular flexibility index (Phi) is 7.32. The van der Waals surface area contributed by atoms with E-state index in [-0.39, 0.29) is 18.5 Å². The first-order valence-electron chi connectivity index (χ1n) is 12.6. The molecule has 2 aliphatic rings. The molecule has 0 radical (unpaired) electrons. The number of nitrogens with one attached hydrogen (secondary N) is 1. The van der Waals surface area contributed by atoms with E-state index < -0.39 is 30.5 Å². The Morgan fingerprint density at radius 3 is 2.85 bits per heavy atom. The van der Waals surface area contributed by atoms with E-state index in [1.54, 1.807) is 24.0 Å². The number of fused-ring (bicyclic) bond motifs is 4. The average Bonchev–Trinajstić information content (AvgIpc) is 2.92. The number of piperidine rings is 1. The molecule has 1 saturated heterocycles. The molecule has 1 unspecified atom stereocenters. The molecule has 0 aliphatic carbocycles. The number of urea groups is 1. The van der Waals surface area contributed by atoms with E-state index in [0.717, 1.165) is 37.2 Å². The Bertz CT molecular complexity index is 1370. The molecule has 3 aromatic rings. The maximum Gasteiger partial charge on any atom is 0.416 e. The smallest absolute Gasteiger partial charge is 0.416 e. The first-order chi connectivity index (χ1) is 18.6. The topological polar surface area (TPSA) is 111 Å². The molecule has 0 spiro atoms. The Hall–Kier alpha value is -3.90. The van der Waals surface area contributed by atoms with Crippen molar-refractivity contribution in [3.8, 4) is 17.0 Å². The van der Waals surface area contributed by atoms with Crippen LogP contribution in [-0.2, 0) is 6.18 Å². The lowest BCUT2D eigenvalue weighted by Gasteiger charge is -2.46. The predicted octanol–water partition coefficient (Wildman–Crippen LogP) is 4.22. The van der Waals surface area contributed by atoms with Gasteiger partial charge in [-0.25, -0.2) is 14.8 Å². The van der Waals surface area contributed by atoms with Gasteiger partial charge in [-0.15, -0.1) is 0 Å². The van der Waals surface area contributed by atoms with E-state index in [2.05, 4.69) is 15.2 Å². The van der Waals surface area contributed by atoms with E-state index in [0.29, 0.717) is 34.9 Å². The van der Waals surface area contributed by atoms with Crippen LogP contribution < -0.4 is 19.9 Å². The second kappa shape index (κ2) is 10.7. The van der Waals surface area contributed by atoms with Gasteiger partial charge in [-0.05, 0) is 49.6 Å². The Morgan fingerprint density at radius 2 is 2.08 bits per heavy atom. The number of anilines is 3. The zero-order valence-electron chi connectivity index (χ0n) is 21.1. The molecule has 0 saturated carbocycles. The molecule has 206 valence electrons. The number of ether oxygens (including phenoxy) is 1. The number of aryl methyl sites for hydroxylation is 1. The van der Waals surface area contributed by atoms with Gasteiger partial charge >= 0.3 is 12.2 Å². The molecule has 1 fully saturated rings. The van der Waals surface area contributed by atoms with Gasteiger partial charge in [0.2, 0.25) is 0 Å². The lowest BCUT2D eigenvalue weighted by Crippen LogP contribution is -2.56. The summed E-state index contributed by atoms with van der Waals surface area (Å²) in [5.41, 5.74) is 1.36. The van der Waals surface area contributed by atoms with Gasteiger partial charge in [0.25, 0.3) is 0 Å². The summed E-state index contributed by atoms with van der Waals surface area (Å²) in [5, 5.41) is 21.3. The monoisotopic (exact) mass is 543 g/mol. The van der Waals surface area contributed by atoms with Crippen molar-refractivity contribution in [3.63, 3.8) is 0 Å². The predicted molar refractivity (Wildman–Crippen MR) is 139 cm³/mol. The van der Waals surface area contributed by atoms with Gasteiger partial charge in [0.05, 0.1) is 29.6 Å². The maximum absolute atomic E-state index is 13.6. The summed E-state index contributed by atoms with van der Waals surface area (Å²) in [4.78, 5) is 26.3. The average molecular weight is 544 g/mol. The van der Waals surface area contributed by atoms with Crippen LogP contribution >= 0.6 is 0 Å². The van der Waals surface area contributed by atoms with Gasteiger partial charge in [-0.1, -0.05) is 12.1 Å². The lowest BCUT2D eigenvalue weighted by molar-refractivity contribution is -0.137. The van der Waals surface area contributed by atoms with Gasteiger partial charge in [0.15, 0.2) is 5.82 Å². The van der Waals surface area contributed by atoms with Crippen molar-refractivity contribution in [2.75, 3.05) is 41.4 Å². The van der Waals surface area contributed by atoms with Gasteiger partial charge in [0.1, 0.15) is 24.3 Å². The summed E-state index contributed by atoms with van der Waals surface area (Å²) in [6.07, 6.45) is -2.48. The van der Waals surface area contributed by atoms with Crippen LogP contribution in [0.5, 0.6) is 5.75 Å². The summed E-state index contributed by atoms with van der Waals surface area (Å²) >= 11 is 0. The molecule has 2 amide bonds. The van der Waals surface area contributed by atoms with Crippen molar-refractivity contribution in [2.24, 2.45) is 0 Å². The molecule has 2 aromatic heterocycles. The molecule has 5 rings (SSSR count). The molecule has 3 N–H and O–H groups in total. The first kappa shape index (κ1) is 26.7. The quantitative estimate of drug-likeness (QED) is 0.427. The van der Waals surface area contributed by atoms with E-state index in [1.807, 2.05) is 6.07 Å². The van der Waals surface area contributed by atoms with Crippen molar-refractivity contribution in [2.45, 2.75) is 38.1 Å². The van der Waals surface area contributed by atoms with E-state index in [1.165, 1.54) is 18.3 Å². The van der Waals surface area contributed by atoms with Gasteiger partial charge < -0.3 is 19.8 Å². The van der Waals surface area contributed by atoms with Gasteiger partial charge in [-0.3, -0.25) is 10.2 Å².